The van der Waals surface area contributed by atoms with E-state index in [0.717, 1.165) is 12.1 Å². The minimum absolute atomic E-state index is 0.539. The molecule has 16 heavy (non-hydrogen) atoms. The minimum atomic E-state index is -0.759. The van der Waals surface area contributed by atoms with Gasteiger partial charge >= 0.3 is 0 Å². The summed E-state index contributed by atoms with van der Waals surface area (Å²) in [5.74, 6) is 0.670. The molecule has 0 aliphatic carbocycles. The Morgan fingerprint density at radius 1 is 1.56 bits per heavy atom. The van der Waals surface area contributed by atoms with E-state index < -0.39 is 10.8 Å². The second kappa shape index (κ2) is 6.13. The zero-order valence-electron chi connectivity index (χ0n) is 9.19. The Hall–Kier alpha value is -1.54. The molecule has 3 N–H and O–H groups in total. The van der Waals surface area contributed by atoms with Crippen LogP contribution in [0, 0.1) is 11.3 Å². The normalized spacial score (nSPS) is 11.8. The number of nitrogens with zero attached hydrogens (tertiary/aromatic N) is 1. The average molecular weight is 237 g/mol. The molecule has 0 heterocycles. The topological polar surface area (TPSA) is 78.9 Å². The van der Waals surface area contributed by atoms with E-state index >= 15 is 0 Å². The largest absolute Gasteiger partial charge is 0.399 e. The van der Waals surface area contributed by atoms with Crippen LogP contribution in [0.3, 0.4) is 0 Å². The predicted octanol–water partition coefficient (Wildman–Crippen LogP) is 1.32. The van der Waals surface area contributed by atoms with Crippen molar-refractivity contribution < 1.29 is 4.21 Å². The molecule has 5 heteroatoms. The van der Waals surface area contributed by atoms with E-state index in [4.69, 9.17) is 11.0 Å². The monoisotopic (exact) mass is 237 g/mol. The molecule has 0 aliphatic rings. The Labute approximate surface area is 97.9 Å². The smallest absolute Gasteiger partial charge is 0.101 e. The third-order valence-corrected chi connectivity index (χ3v) is 2.95. The number of anilines is 2. The molecule has 0 aromatic heterocycles. The van der Waals surface area contributed by atoms with Crippen LogP contribution >= 0.6 is 0 Å². The lowest BCUT2D eigenvalue weighted by atomic mass is 10.1. The van der Waals surface area contributed by atoms with Gasteiger partial charge in [0, 0.05) is 35.0 Å². The van der Waals surface area contributed by atoms with E-state index in [9.17, 15) is 4.21 Å². The third-order valence-electron chi connectivity index (χ3n) is 2.09. The maximum Gasteiger partial charge on any atom is 0.101 e. The van der Waals surface area contributed by atoms with E-state index in [0.29, 0.717) is 23.5 Å². The second-order valence-electron chi connectivity index (χ2n) is 3.47. The van der Waals surface area contributed by atoms with Crippen LogP contribution in [0.5, 0.6) is 0 Å². The van der Waals surface area contributed by atoms with E-state index in [1.165, 1.54) is 0 Å². The van der Waals surface area contributed by atoms with E-state index in [2.05, 4.69) is 11.4 Å². The highest BCUT2D eigenvalue weighted by Crippen LogP contribution is 2.17. The van der Waals surface area contributed by atoms with Crippen molar-refractivity contribution >= 4 is 22.2 Å². The number of nitrogens with one attached hydrogen (secondary N) is 1. The van der Waals surface area contributed by atoms with Crippen molar-refractivity contribution in [1.29, 1.82) is 5.26 Å². The lowest BCUT2D eigenvalue weighted by molar-refractivity contribution is 0.685. The molecule has 0 bridgehead atoms. The zero-order valence-corrected chi connectivity index (χ0v) is 10.0. The maximum absolute atomic E-state index is 10.8. The highest BCUT2D eigenvalue weighted by Gasteiger charge is 2.01. The van der Waals surface area contributed by atoms with Gasteiger partial charge in [-0.15, -0.1) is 0 Å². The van der Waals surface area contributed by atoms with Gasteiger partial charge in [0.05, 0.1) is 11.3 Å². The lowest BCUT2D eigenvalue weighted by Crippen LogP contribution is -2.07. The molecule has 1 atom stereocenters. The van der Waals surface area contributed by atoms with Crippen molar-refractivity contribution in [2.45, 2.75) is 6.42 Å². The van der Waals surface area contributed by atoms with Gasteiger partial charge in [0.2, 0.25) is 0 Å². The number of benzene rings is 1. The Bertz CT molecular complexity index is 426. The average Bonchev–Trinajstić information content (AvgIpc) is 2.25. The summed E-state index contributed by atoms with van der Waals surface area (Å²) in [5.41, 5.74) is 7.47. The number of nitriles is 1. The fourth-order valence-electron chi connectivity index (χ4n) is 1.31. The first-order chi connectivity index (χ1) is 7.63. The van der Waals surface area contributed by atoms with E-state index in [1.807, 2.05) is 0 Å². The maximum atomic E-state index is 10.8. The third kappa shape index (κ3) is 3.91. The molecule has 0 fully saturated rings. The number of hydrogen-bond donors (Lipinski definition) is 2. The molecule has 1 rings (SSSR count). The first-order valence-electron chi connectivity index (χ1n) is 4.97. The number of nitrogens with two attached hydrogens (primary N) is 1. The van der Waals surface area contributed by atoms with Crippen LogP contribution in [0.4, 0.5) is 11.4 Å². The molecular weight excluding hydrogens is 222 g/mol. The van der Waals surface area contributed by atoms with Crippen LogP contribution in [0.1, 0.15) is 12.0 Å². The number of rotatable bonds is 5. The highest BCUT2D eigenvalue weighted by atomic mass is 32.2. The van der Waals surface area contributed by atoms with Gasteiger partial charge in [-0.2, -0.15) is 5.26 Å². The van der Waals surface area contributed by atoms with Gasteiger partial charge in [-0.1, -0.05) is 0 Å². The van der Waals surface area contributed by atoms with Gasteiger partial charge in [0.1, 0.15) is 6.07 Å². The molecule has 0 aliphatic heterocycles. The van der Waals surface area contributed by atoms with E-state index in [1.54, 1.807) is 24.5 Å². The van der Waals surface area contributed by atoms with Gasteiger partial charge in [0.25, 0.3) is 0 Å². The first kappa shape index (κ1) is 12.5. The first-order valence-corrected chi connectivity index (χ1v) is 6.69. The molecule has 0 amide bonds. The van der Waals surface area contributed by atoms with Crippen LogP contribution in [0.2, 0.25) is 0 Å². The van der Waals surface area contributed by atoms with Gasteiger partial charge in [-0.3, -0.25) is 4.21 Å². The Balaban J connectivity index is 2.54. The molecule has 1 aromatic rings. The van der Waals surface area contributed by atoms with Crippen LogP contribution in [0.25, 0.3) is 0 Å². The molecule has 86 valence electrons. The highest BCUT2D eigenvalue weighted by molar-refractivity contribution is 7.84. The van der Waals surface area contributed by atoms with Crippen molar-refractivity contribution in [3.05, 3.63) is 23.8 Å². The summed E-state index contributed by atoms with van der Waals surface area (Å²) in [5, 5.41) is 12.0. The summed E-state index contributed by atoms with van der Waals surface area (Å²) in [4.78, 5) is 0. The summed E-state index contributed by atoms with van der Waals surface area (Å²) in [6, 6.07) is 7.26. The molecule has 1 aromatic carbocycles. The Kier molecular flexibility index (Phi) is 4.80. The van der Waals surface area contributed by atoms with Crippen LogP contribution in [-0.4, -0.2) is 22.8 Å². The number of hydrogen-bond acceptors (Lipinski definition) is 4. The minimum Gasteiger partial charge on any atom is -0.399 e. The summed E-state index contributed by atoms with van der Waals surface area (Å²) in [6.07, 6.45) is 2.50. The Morgan fingerprint density at radius 3 is 2.94 bits per heavy atom. The fraction of sp³-hybridized carbons (Fsp3) is 0.364. The quantitative estimate of drug-likeness (QED) is 0.598. The lowest BCUT2D eigenvalue weighted by Gasteiger charge is -2.07. The summed E-state index contributed by atoms with van der Waals surface area (Å²) in [6.45, 7) is 0.707. The molecular formula is C11H15N3OS. The molecule has 0 saturated carbocycles. The van der Waals surface area contributed by atoms with Crippen molar-refractivity contribution in [1.82, 2.24) is 0 Å². The molecule has 0 spiro atoms. The van der Waals surface area contributed by atoms with Gasteiger partial charge < -0.3 is 11.1 Å². The van der Waals surface area contributed by atoms with E-state index in [-0.39, 0.29) is 0 Å². The second-order valence-corrected chi connectivity index (χ2v) is 5.03. The zero-order chi connectivity index (χ0) is 12.0. The summed E-state index contributed by atoms with van der Waals surface area (Å²) < 4.78 is 10.8. The van der Waals surface area contributed by atoms with Crippen LogP contribution in [-0.2, 0) is 10.8 Å². The standard InChI is InChI=1S/C11H15N3OS/c1-16(15)6-2-5-14-11-4-3-10(13)7-9(11)8-12/h3-4,7,14H,2,5-6,13H2,1H3. The van der Waals surface area contributed by atoms with Crippen LogP contribution in [0.15, 0.2) is 18.2 Å². The summed E-state index contributed by atoms with van der Waals surface area (Å²) in [7, 11) is -0.759. The van der Waals surface area contributed by atoms with Crippen molar-refractivity contribution in [2.24, 2.45) is 0 Å². The van der Waals surface area contributed by atoms with Gasteiger partial charge in [-0.25, -0.2) is 0 Å². The molecule has 0 radical (unpaired) electrons. The fourth-order valence-corrected chi connectivity index (χ4v) is 1.86. The van der Waals surface area contributed by atoms with Crippen molar-refractivity contribution in [3.63, 3.8) is 0 Å². The summed E-state index contributed by atoms with van der Waals surface area (Å²) >= 11 is 0. The van der Waals surface area contributed by atoms with Gasteiger partial charge in [-0.05, 0) is 24.6 Å². The van der Waals surface area contributed by atoms with Crippen molar-refractivity contribution in [2.75, 3.05) is 29.6 Å². The SMILES string of the molecule is CS(=O)CCCNc1ccc(N)cc1C#N. The molecule has 0 saturated heterocycles. The van der Waals surface area contributed by atoms with Crippen molar-refractivity contribution in [3.8, 4) is 6.07 Å². The van der Waals surface area contributed by atoms with Gasteiger partial charge in [0.15, 0.2) is 0 Å². The predicted molar refractivity (Wildman–Crippen MR) is 67.6 cm³/mol. The molecule has 4 nitrogen and oxygen atoms in total. The number of nitrogen functional groups attached to an aromatic ring is 1. The molecule has 1 unspecified atom stereocenters. The Morgan fingerprint density at radius 2 is 2.31 bits per heavy atom. The van der Waals surface area contributed by atoms with Crippen LogP contribution < -0.4 is 11.1 Å².